The van der Waals surface area contributed by atoms with Crippen LogP contribution in [0.2, 0.25) is 0 Å². The van der Waals surface area contributed by atoms with E-state index in [0.29, 0.717) is 18.6 Å². The molecular weight excluding hydrogens is 266 g/mol. The van der Waals surface area contributed by atoms with E-state index >= 15 is 0 Å². The number of hydrogen-bond donors (Lipinski definition) is 3. The molecule has 124 valence electrons. The highest BCUT2D eigenvalue weighted by Gasteiger charge is 2.61. The Bertz CT molecular complexity index is 369. The van der Waals surface area contributed by atoms with Crippen molar-refractivity contribution in [2.24, 2.45) is 16.7 Å². The number of ether oxygens (including phenoxy) is 1. The average Bonchev–Trinajstić information content (AvgIpc) is 2.75. The largest absolute Gasteiger partial charge is 0.394 e. The van der Waals surface area contributed by atoms with Gasteiger partial charge >= 0.3 is 0 Å². The Balaban J connectivity index is 1.80. The number of aliphatic hydroxyl groups excluding tert-OH is 2. The number of aliphatic hydroxyl groups is 2. The van der Waals surface area contributed by atoms with Crippen LogP contribution in [0.3, 0.4) is 0 Å². The molecule has 0 aromatic heterocycles. The number of rotatable bonds is 7. The van der Waals surface area contributed by atoms with Crippen molar-refractivity contribution in [1.29, 1.82) is 0 Å². The molecule has 2 saturated carbocycles. The van der Waals surface area contributed by atoms with Crippen LogP contribution in [0.4, 0.5) is 0 Å². The Morgan fingerprint density at radius 1 is 1.33 bits per heavy atom. The van der Waals surface area contributed by atoms with Gasteiger partial charge in [-0.1, -0.05) is 20.8 Å². The zero-order chi connectivity index (χ0) is 15.9. The first-order valence-corrected chi connectivity index (χ1v) is 8.28. The SMILES string of the molecule is CC(C)(CO)NCC(O)COC1CC2CCC1(C)C2(C)C. The molecule has 0 aliphatic heterocycles. The maximum absolute atomic E-state index is 10.1. The van der Waals surface area contributed by atoms with Crippen molar-refractivity contribution < 1.29 is 14.9 Å². The van der Waals surface area contributed by atoms with E-state index in [2.05, 4.69) is 26.1 Å². The van der Waals surface area contributed by atoms with Crippen molar-refractivity contribution in [3.63, 3.8) is 0 Å². The summed E-state index contributed by atoms with van der Waals surface area (Å²) in [6.07, 6.45) is 3.43. The summed E-state index contributed by atoms with van der Waals surface area (Å²) >= 11 is 0. The minimum Gasteiger partial charge on any atom is -0.394 e. The van der Waals surface area contributed by atoms with Crippen LogP contribution in [0, 0.1) is 16.7 Å². The Morgan fingerprint density at radius 3 is 2.48 bits per heavy atom. The predicted molar refractivity (Wildman–Crippen MR) is 84.1 cm³/mol. The van der Waals surface area contributed by atoms with Crippen molar-refractivity contribution >= 4 is 0 Å². The van der Waals surface area contributed by atoms with Crippen LogP contribution in [-0.2, 0) is 4.74 Å². The van der Waals surface area contributed by atoms with E-state index < -0.39 is 6.10 Å². The summed E-state index contributed by atoms with van der Waals surface area (Å²) in [6.45, 7) is 11.8. The number of hydrogen-bond acceptors (Lipinski definition) is 4. The van der Waals surface area contributed by atoms with Gasteiger partial charge in [-0.2, -0.15) is 0 Å². The summed E-state index contributed by atoms with van der Waals surface area (Å²) in [5.41, 5.74) is 0.232. The lowest BCUT2D eigenvalue weighted by Crippen LogP contribution is -2.47. The van der Waals surface area contributed by atoms with Crippen molar-refractivity contribution in [3.05, 3.63) is 0 Å². The lowest BCUT2D eigenvalue weighted by Gasteiger charge is -2.39. The van der Waals surface area contributed by atoms with Gasteiger partial charge in [-0.3, -0.25) is 0 Å². The van der Waals surface area contributed by atoms with Gasteiger partial charge in [0.1, 0.15) is 0 Å². The maximum Gasteiger partial charge on any atom is 0.0898 e. The topological polar surface area (TPSA) is 61.7 Å². The third-order valence-electron chi connectivity index (χ3n) is 6.42. The molecule has 4 nitrogen and oxygen atoms in total. The lowest BCUT2D eigenvalue weighted by molar-refractivity contribution is -0.0751. The highest BCUT2D eigenvalue weighted by Crippen LogP contribution is 2.66. The van der Waals surface area contributed by atoms with E-state index in [9.17, 15) is 10.2 Å². The molecule has 0 spiro atoms. The van der Waals surface area contributed by atoms with Gasteiger partial charge in [-0.25, -0.2) is 0 Å². The molecular formula is C17H33NO3. The molecule has 21 heavy (non-hydrogen) atoms. The third kappa shape index (κ3) is 3.14. The van der Waals surface area contributed by atoms with Crippen LogP contribution in [-0.4, -0.2) is 47.7 Å². The number of β-amino-alcohol motifs (C(OH)–C–C–N with tert-alkyl or cyclic N) is 1. The van der Waals surface area contributed by atoms with Crippen molar-refractivity contribution in [2.45, 2.75) is 71.6 Å². The van der Waals surface area contributed by atoms with Gasteiger partial charge in [0.05, 0.1) is 25.4 Å². The Hall–Kier alpha value is -0.160. The molecule has 0 aromatic rings. The zero-order valence-electron chi connectivity index (χ0n) is 14.3. The molecule has 0 heterocycles. The van der Waals surface area contributed by atoms with Crippen LogP contribution < -0.4 is 5.32 Å². The molecule has 2 rings (SSSR count). The van der Waals surface area contributed by atoms with Gasteiger partial charge in [0.25, 0.3) is 0 Å². The molecule has 0 aromatic carbocycles. The van der Waals surface area contributed by atoms with Crippen LogP contribution in [0.15, 0.2) is 0 Å². The maximum atomic E-state index is 10.1. The third-order valence-corrected chi connectivity index (χ3v) is 6.42. The van der Waals surface area contributed by atoms with Gasteiger partial charge in [0, 0.05) is 12.1 Å². The van der Waals surface area contributed by atoms with Crippen LogP contribution in [0.5, 0.6) is 0 Å². The first-order chi connectivity index (χ1) is 9.62. The van der Waals surface area contributed by atoms with Gasteiger partial charge in [-0.05, 0) is 49.9 Å². The fraction of sp³-hybridized carbons (Fsp3) is 1.00. The summed E-state index contributed by atoms with van der Waals surface area (Å²) in [5, 5.41) is 22.4. The van der Waals surface area contributed by atoms with E-state index in [-0.39, 0.29) is 23.7 Å². The molecule has 4 unspecified atom stereocenters. The predicted octanol–water partition coefficient (Wildman–Crippen LogP) is 1.94. The molecule has 0 amide bonds. The van der Waals surface area contributed by atoms with E-state index in [1.165, 1.54) is 12.8 Å². The standard InChI is InChI=1S/C17H33NO3/c1-15(2,11-19)18-9-13(20)10-21-14-8-12-6-7-17(14,5)16(12,3)4/h12-14,18-20H,6-11H2,1-5H3. The summed E-state index contributed by atoms with van der Waals surface area (Å²) in [7, 11) is 0. The van der Waals surface area contributed by atoms with E-state index in [4.69, 9.17) is 4.74 Å². The van der Waals surface area contributed by atoms with Crippen molar-refractivity contribution in [2.75, 3.05) is 19.8 Å². The summed E-state index contributed by atoms with van der Waals surface area (Å²) in [5.74, 6) is 0.760. The van der Waals surface area contributed by atoms with Crippen LogP contribution in [0.1, 0.15) is 53.9 Å². The first kappa shape index (κ1) is 17.2. The van der Waals surface area contributed by atoms with Crippen molar-refractivity contribution in [1.82, 2.24) is 5.32 Å². The second-order valence-corrected chi connectivity index (χ2v) is 8.51. The Kier molecular flexibility index (Phi) is 4.75. The normalized spacial score (nSPS) is 36.1. The summed E-state index contributed by atoms with van der Waals surface area (Å²) in [6, 6.07) is 0. The van der Waals surface area contributed by atoms with E-state index in [1.807, 2.05) is 13.8 Å². The van der Waals surface area contributed by atoms with Crippen LogP contribution >= 0.6 is 0 Å². The summed E-state index contributed by atoms with van der Waals surface area (Å²) in [4.78, 5) is 0. The van der Waals surface area contributed by atoms with Gasteiger partial charge in [0.15, 0.2) is 0 Å². The zero-order valence-corrected chi connectivity index (χ0v) is 14.3. The second kappa shape index (κ2) is 5.80. The first-order valence-electron chi connectivity index (χ1n) is 8.28. The second-order valence-electron chi connectivity index (χ2n) is 8.51. The molecule has 4 heteroatoms. The monoisotopic (exact) mass is 299 g/mol. The van der Waals surface area contributed by atoms with E-state index in [0.717, 1.165) is 12.3 Å². The molecule has 3 N–H and O–H groups in total. The summed E-state index contributed by atoms with van der Waals surface area (Å²) < 4.78 is 6.08. The van der Waals surface area contributed by atoms with Gasteiger partial charge in [-0.15, -0.1) is 0 Å². The molecule has 0 saturated heterocycles. The fourth-order valence-electron chi connectivity index (χ4n) is 4.12. The average molecular weight is 299 g/mol. The lowest BCUT2D eigenvalue weighted by atomic mass is 9.70. The quantitative estimate of drug-likeness (QED) is 0.672. The molecule has 4 atom stereocenters. The Morgan fingerprint density at radius 2 is 2.00 bits per heavy atom. The van der Waals surface area contributed by atoms with Gasteiger partial charge in [0.2, 0.25) is 0 Å². The highest BCUT2D eigenvalue weighted by atomic mass is 16.5. The smallest absolute Gasteiger partial charge is 0.0898 e. The highest BCUT2D eigenvalue weighted by molar-refractivity contribution is 5.11. The minimum absolute atomic E-state index is 0.0527. The molecule has 0 radical (unpaired) electrons. The van der Waals surface area contributed by atoms with Crippen molar-refractivity contribution in [3.8, 4) is 0 Å². The number of fused-ring (bicyclic) bond motifs is 2. The Labute approximate surface area is 129 Å². The van der Waals surface area contributed by atoms with Crippen LogP contribution in [0.25, 0.3) is 0 Å². The molecule has 2 bridgehead atoms. The molecule has 2 aliphatic carbocycles. The fourth-order valence-corrected chi connectivity index (χ4v) is 4.12. The van der Waals surface area contributed by atoms with Gasteiger partial charge < -0.3 is 20.3 Å². The minimum atomic E-state index is -0.526. The number of nitrogens with one attached hydrogen (secondary N) is 1. The van der Waals surface area contributed by atoms with E-state index in [1.54, 1.807) is 0 Å². The molecule has 2 aliphatic rings. The molecule has 2 fully saturated rings.